The number of hydrogen-bond donors (Lipinski definition) is 2. The van der Waals surface area contributed by atoms with E-state index in [1.54, 1.807) is 0 Å². The van der Waals surface area contributed by atoms with Gasteiger partial charge in [0.1, 0.15) is 5.76 Å². The zero-order valence-electron chi connectivity index (χ0n) is 12.2. The Morgan fingerprint density at radius 2 is 1.79 bits per heavy atom. The Morgan fingerprint density at radius 1 is 1.21 bits per heavy atom. The minimum atomic E-state index is -0.883. The lowest BCUT2D eigenvalue weighted by Crippen LogP contribution is -2.21. The van der Waals surface area contributed by atoms with Crippen molar-refractivity contribution in [2.45, 2.75) is 76.6 Å². The Labute approximate surface area is 120 Å². The van der Waals surface area contributed by atoms with Crippen molar-refractivity contribution in [1.29, 1.82) is 0 Å². The molecule has 0 aromatic rings. The van der Waals surface area contributed by atoms with Crippen LogP contribution in [0, 0.1) is 0 Å². The second-order valence-corrected chi connectivity index (χ2v) is 7.05. The number of rotatable bonds is 8. The summed E-state index contributed by atoms with van der Waals surface area (Å²) in [4.78, 5) is 11.8. The first-order chi connectivity index (χ1) is 8.92. The van der Waals surface area contributed by atoms with Crippen LogP contribution in [0.4, 0.5) is 0 Å². The predicted octanol–water partition coefficient (Wildman–Crippen LogP) is 3.96. The molecule has 2 N–H and O–H groups in total. The maximum absolute atomic E-state index is 11.8. The number of aliphatic hydroxyl groups excluding tert-OH is 2. The first-order valence-corrected chi connectivity index (χ1v) is 8.09. The van der Waals surface area contributed by atoms with Crippen LogP contribution in [-0.4, -0.2) is 26.2 Å². The molecule has 4 heteroatoms. The molecule has 0 aromatic carbocycles. The summed E-state index contributed by atoms with van der Waals surface area (Å²) in [6, 6.07) is 0. The van der Waals surface area contributed by atoms with E-state index in [1.165, 1.54) is 32.6 Å². The lowest BCUT2D eigenvalue weighted by atomic mass is 9.95. The van der Waals surface area contributed by atoms with Crippen molar-refractivity contribution in [1.82, 2.24) is 0 Å². The summed E-state index contributed by atoms with van der Waals surface area (Å²) in [5.74, 6) is 0.0889. The predicted molar refractivity (Wildman–Crippen MR) is 80.3 cm³/mol. The van der Waals surface area contributed by atoms with Gasteiger partial charge in [-0.05, 0) is 20.3 Å². The van der Waals surface area contributed by atoms with Gasteiger partial charge in [0.15, 0.2) is 0 Å². The van der Waals surface area contributed by atoms with Gasteiger partial charge in [0.05, 0.1) is 16.4 Å². The Bertz CT molecular complexity index is 349. The highest BCUT2D eigenvalue weighted by atomic mass is 32.2. The standard InChI is InChI=1S/C15H26O3S/c1-4-5-6-7-8-9-10-15(3)13(17)12(11(2)16)14(18)19-15/h11,16-17H,4-10H2,1-3H3/t11?,15-/m1/s1. The topological polar surface area (TPSA) is 57.5 Å². The van der Waals surface area contributed by atoms with E-state index >= 15 is 0 Å². The Hall–Kier alpha value is -0.480. The third kappa shape index (κ3) is 4.25. The number of carbonyl (C=O) groups excluding carboxylic acids is 1. The van der Waals surface area contributed by atoms with Gasteiger partial charge in [-0.25, -0.2) is 0 Å². The second-order valence-electron chi connectivity index (χ2n) is 5.58. The molecule has 0 fully saturated rings. The van der Waals surface area contributed by atoms with Gasteiger partial charge in [-0.3, -0.25) is 4.79 Å². The average molecular weight is 286 g/mol. The SMILES string of the molecule is CCCCCCCC[C@@]1(C)SC(=O)C(C(C)O)=C1O. The lowest BCUT2D eigenvalue weighted by Gasteiger charge is -2.22. The molecule has 1 heterocycles. The van der Waals surface area contributed by atoms with Crippen molar-refractivity contribution in [3.63, 3.8) is 0 Å². The van der Waals surface area contributed by atoms with E-state index in [0.29, 0.717) is 0 Å². The van der Waals surface area contributed by atoms with Crippen LogP contribution in [0.3, 0.4) is 0 Å². The summed E-state index contributed by atoms with van der Waals surface area (Å²) in [5, 5.41) is 19.5. The molecular weight excluding hydrogens is 260 g/mol. The monoisotopic (exact) mass is 286 g/mol. The van der Waals surface area contributed by atoms with Crippen LogP contribution in [0.5, 0.6) is 0 Å². The fourth-order valence-corrected chi connectivity index (χ4v) is 3.71. The molecule has 0 saturated heterocycles. The zero-order chi connectivity index (χ0) is 14.5. The smallest absolute Gasteiger partial charge is 0.222 e. The Balaban J connectivity index is 2.47. The zero-order valence-corrected chi connectivity index (χ0v) is 13.1. The molecular formula is C15H26O3S. The molecule has 1 aliphatic rings. The van der Waals surface area contributed by atoms with E-state index in [1.807, 2.05) is 6.92 Å². The summed E-state index contributed by atoms with van der Waals surface area (Å²) in [7, 11) is 0. The van der Waals surface area contributed by atoms with Crippen molar-refractivity contribution >= 4 is 16.9 Å². The highest BCUT2D eigenvalue weighted by molar-refractivity contribution is 8.15. The van der Waals surface area contributed by atoms with E-state index in [9.17, 15) is 15.0 Å². The van der Waals surface area contributed by atoms with Crippen LogP contribution in [0.25, 0.3) is 0 Å². The summed E-state index contributed by atoms with van der Waals surface area (Å²) in [6.07, 6.45) is 7.06. The van der Waals surface area contributed by atoms with Gasteiger partial charge in [0.2, 0.25) is 5.12 Å². The van der Waals surface area contributed by atoms with Crippen molar-refractivity contribution in [2.24, 2.45) is 0 Å². The number of carbonyl (C=O) groups is 1. The van der Waals surface area contributed by atoms with Gasteiger partial charge in [-0.15, -0.1) is 0 Å². The first kappa shape index (κ1) is 16.6. The number of thioether (sulfide) groups is 1. The third-order valence-corrected chi connectivity index (χ3v) is 4.97. The normalized spacial score (nSPS) is 25.2. The highest BCUT2D eigenvalue weighted by Crippen LogP contribution is 2.46. The molecule has 0 spiro atoms. The molecule has 110 valence electrons. The van der Waals surface area contributed by atoms with Crippen LogP contribution >= 0.6 is 11.8 Å². The molecule has 0 amide bonds. The number of unbranched alkanes of at least 4 members (excludes halogenated alkanes) is 5. The summed E-state index contributed by atoms with van der Waals surface area (Å²) >= 11 is 1.16. The molecule has 0 bridgehead atoms. The summed E-state index contributed by atoms with van der Waals surface area (Å²) < 4.78 is -0.534. The summed E-state index contributed by atoms with van der Waals surface area (Å²) in [5.41, 5.74) is 0.193. The van der Waals surface area contributed by atoms with E-state index in [2.05, 4.69) is 6.92 Å². The van der Waals surface area contributed by atoms with Gasteiger partial charge >= 0.3 is 0 Å². The maximum atomic E-state index is 11.8. The second kappa shape index (κ2) is 7.34. The van der Waals surface area contributed by atoms with Crippen molar-refractivity contribution in [3.8, 4) is 0 Å². The van der Waals surface area contributed by atoms with Gasteiger partial charge in [0, 0.05) is 0 Å². The molecule has 0 aromatic heterocycles. The fourth-order valence-electron chi connectivity index (χ4n) is 2.47. The molecule has 1 unspecified atom stereocenters. The lowest BCUT2D eigenvalue weighted by molar-refractivity contribution is -0.108. The Morgan fingerprint density at radius 3 is 2.32 bits per heavy atom. The van der Waals surface area contributed by atoms with Crippen LogP contribution in [0.2, 0.25) is 0 Å². The van der Waals surface area contributed by atoms with Crippen molar-refractivity contribution in [3.05, 3.63) is 11.3 Å². The fraction of sp³-hybridized carbons (Fsp3) is 0.800. The highest BCUT2D eigenvalue weighted by Gasteiger charge is 2.44. The van der Waals surface area contributed by atoms with Crippen LogP contribution < -0.4 is 0 Å². The molecule has 1 aliphatic heterocycles. The first-order valence-electron chi connectivity index (χ1n) is 7.27. The van der Waals surface area contributed by atoms with Crippen molar-refractivity contribution < 1.29 is 15.0 Å². The van der Waals surface area contributed by atoms with E-state index in [4.69, 9.17) is 0 Å². The van der Waals surface area contributed by atoms with Crippen molar-refractivity contribution in [2.75, 3.05) is 0 Å². The Kier molecular flexibility index (Phi) is 6.40. The van der Waals surface area contributed by atoms with Crippen LogP contribution in [-0.2, 0) is 4.79 Å². The minimum Gasteiger partial charge on any atom is -0.510 e. The van der Waals surface area contributed by atoms with Gasteiger partial charge in [-0.1, -0.05) is 57.2 Å². The van der Waals surface area contributed by atoms with E-state index < -0.39 is 10.9 Å². The molecule has 1 rings (SSSR count). The van der Waals surface area contributed by atoms with Gasteiger partial charge < -0.3 is 10.2 Å². The van der Waals surface area contributed by atoms with Crippen LogP contribution in [0.1, 0.15) is 65.7 Å². The van der Waals surface area contributed by atoms with E-state index in [-0.39, 0.29) is 16.4 Å². The minimum absolute atomic E-state index is 0.0889. The molecule has 19 heavy (non-hydrogen) atoms. The quantitative estimate of drug-likeness (QED) is 0.663. The van der Waals surface area contributed by atoms with Gasteiger partial charge in [-0.2, -0.15) is 0 Å². The molecule has 0 saturated carbocycles. The van der Waals surface area contributed by atoms with Gasteiger partial charge in [0.25, 0.3) is 0 Å². The third-order valence-electron chi connectivity index (χ3n) is 3.72. The molecule has 3 nitrogen and oxygen atoms in total. The summed E-state index contributed by atoms with van der Waals surface area (Å²) in [6.45, 7) is 5.62. The maximum Gasteiger partial charge on any atom is 0.222 e. The average Bonchev–Trinajstić information content (AvgIpc) is 2.55. The number of aliphatic hydroxyl groups is 2. The van der Waals surface area contributed by atoms with Crippen LogP contribution in [0.15, 0.2) is 11.3 Å². The molecule has 2 atom stereocenters. The molecule has 0 aliphatic carbocycles. The largest absolute Gasteiger partial charge is 0.510 e. The molecule has 0 radical (unpaired) electrons. The number of hydrogen-bond acceptors (Lipinski definition) is 4. The van der Waals surface area contributed by atoms with E-state index in [0.717, 1.165) is 31.0 Å².